The molecule has 4 heteroatoms. The molecule has 112 valence electrons. The Bertz CT molecular complexity index is 810. The fourth-order valence-electron chi connectivity index (χ4n) is 2.74. The maximum absolute atomic E-state index is 12.3. The van der Waals surface area contributed by atoms with E-state index in [-0.39, 0.29) is 5.91 Å². The summed E-state index contributed by atoms with van der Waals surface area (Å²) in [4.78, 5) is 13.1. The average Bonchev–Trinajstić information content (AvgIpc) is 3.15. The Morgan fingerprint density at radius 3 is 2.91 bits per heavy atom. The molecule has 0 bridgehead atoms. The van der Waals surface area contributed by atoms with Gasteiger partial charge in [0.25, 0.3) is 5.91 Å². The highest BCUT2D eigenvalue weighted by atomic mass is 32.1. The van der Waals surface area contributed by atoms with Crippen molar-refractivity contribution in [1.82, 2.24) is 9.88 Å². The van der Waals surface area contributed by atoms with E-state index in [9.17, 15) is 4.79 Å². The molecule has 1 aliphatic rings. The molecule has 0 saturated heterocycles. The molecule has 2 aromatic heterocycles. The SMILES string of the molecule is Cc1cccc(CNC(=O)c2cc3cn(C4CC4)cc3s2)c1. The number of aryl methyl sites for hydroxylation is 1. The molecule has 0 radical (unpaired) electrons. The minimum absolute atomic E-state index is 0.0145. The van der Waals surface area contributed by atoms with Crippen LogP contribution in [0.4, 0.5) is 0 Å². The molecule has 0 aliphatic heterocycles. The van der Waals surface area contributed by atoms with Crippen molar-refractivity contribution in [1.29, 1.82) is 0 Å². The molecular weight excluding hydrogens is 292 g/mol. The molecule has 1 aromatic carbocycles. The second-order valence-electron chi connectivity index (χ2n) is 6.04. The van der Waals surface area contributed by atoms with Crippen LogP contribution in [0.25, 0.3) is 10.1 Å². The molecule has 2 heterocycles. The van der Waals surface area contributed by atoms with Crippen LogP contribution in [-0.4, -0.2) is 10.5 Å². The van der Waals surface area contributed by atoms with Crippen molar-refractivity contribution in [2.75, 3.05) is 0 Å². The summed E-state index contributed by atoms with van der Waals surface area (Å²) in [6.45, 7) is 2.64. The predicted octanol–water partition coefficient (Wildman–Crippen LogP) is 4.28. The van der Waals surface area contributed by atoms with Crippen LogP contribution in [-0.2, 0) is 6.54 Å². The monoisotopic (exact) mass is 310 g/mol. The lowest BCUT2D eigenvalue weighted by atomic mass is 10.1. The van der Waals surface area contributed by atoms with E-state index in [4.69, 9.17) is 0 Å². The lowest BCUT2D eigenvalue weighted by Gasteiger charge is -2.04. The molecule has 0 unspecified atom stereocenters. The van der Waals surface area contributed by atoms with E-state index in [2.05, 4.69) is 41.3 Å². The molecule has 0 atom stereocenters. The Kier molecular flexibility index (Phi) is 3.26. The number of thiophene rings is 1. The van der Waals surface area contributed by atoms with Crippen LogP contribution in [0.3, 0.4) is 0 Å². The van der Waals surface area contributed by atoms with Gasteiger partial charge in [0.1, 0.15) is 0 Å². The molecular formula is C18H18N2OS. The lowest BCUT2D eigenvalue weighted by molar-refractivity contribution is 0.0955. The average molecular weight is 310 g/mol. The number of carbonyl (C=O) groups excluding carboxylic acids is 1. The number of fused-ring (bicyclic) bond motifs is 1. The number of nitrogens with zero attached hydrogens (tertiary/aromatic N) is 1. The number of rotatable bonds is 4. The summed E-state index contributed by atoms with van der Waals surface area (Å²) in [5.41, 5.74) is 2.35. The highest BCUT2D eigenvalue weighted by Crippen LogP contribution is 2.38. The van der Waals surface area contributed by atoms with Crippen molar-refractivity contribution in [3.8, 4) is 0 Å². The van der Waals surface area contributed by atoms with E-state index < -0.39 is 0 Å². The number of hydrogen-bond donors (Lipinski definition) is 1. The van der Waals surface area contributed by atoms with Gasteiger partial charge in [-0.3, -0.25) is 4.79 Å². The minimum Gasteiger partial charge on any atom is -0.349 e. The maximum Gasteiger partial charge on any atom is 0.261 e. The Morgan fingerprint density at radius 1 is 1.32 bits per heavy atom. The fraction of sp³-hybridized carbons (Fsp3) is 0.278. The van der Waals surface area contributed by atoms with Crippen molar-refractivity contribution in [3.05, 3.63) is 58.7 Å². The molecule has 3 nitrogen and oxygen atoms in total. The van der Waals surface area contributed by atoms with Gasteiger partial charge in [-0.2, -0.15) is 0 Å². The first-order valence-electron chi connectivity index (χ1n) is 7.64. The van der Waals surface area contributed by atoms with Crippen LogP contribution in [0.2, 0.25) is 0 Å². The van der Waals surface area contributed by atoms with Gasteiger partial charge in [-0.1, -0.05) is 29.8 Å². The first-order chi connectivity index (χ1) is 10.7. The quantitative estimate of drug-likeness (QED) is 0.767. The van der Waals surface area contributed by atoms with Gasteiger partial charge < -0.3 is 9.88 Å². The molecule has 3 aromatic rings. The molecule has 1 amide bonds. The zero-order valence-electron chi connectivity index (χ0n) is 12.5. The summed E-state index contributed by atoms with van der Waals surface area (Å²) in [5.74, 6) is 0.0145. The third-order valence-corrected chi connectivity index (χ3v) is 5.16. The van der Waals surface area contributed by atoms with Gasteiger partial charge in [-0.15, -0.1) is 11.3 Å². The molecule has 1 saturated carbocycles. The number of amides is 1. The van der Waals surface area contributed by atoms with Crippen LogP contribution in [0.5, 0.6) is 0 Å². The summed E-state index contributed by atoms with van der Waals surface area (Å²) in [6, 6.07) is 10.9. The topological polar surface area (TPSA) is 34.0 Å². The van der Waals surface area contributed by atoms with Crippen molar-refractivity contribution >= 4 is 27.3 Å². The van der Waals surface area contributed by atoms with Crippen LogP contribution in [0, 0.1) is 6.92 Å². The summed E-state index contributed by atoms with van der Waals surface area (Å²) >= 11 is 1.58. The van der Waals surface area contributed by atoms with E-state index in [0.717, 1.165) is 10.4 Å². The molecule has 0 spiro atoms. The van der Waals surface area contributed by atoms with E-state index in [1.54, 1.807) is 11.3 Å². The largest absolute Gasteiger partial charge is 0.349 e. The number of aromatic nitrogens is 1. The molecule has 4 rings (SSSR count). The molecule has 1 fully saturated rings. The van der Waals surface area contributed by atoms with Gasteiger partial charge in [0.05, 0.1) is 9.58 Å². The van der Waals surface area contributed by atoms with Gasteiger partial charge in [-0.05, 0) is 31.4 Å². The summed E-state index contributed by atoms with van der Waals surface area (Å²) in [7, 11) is 0. The lowest BCUT2D eigenvalue weighted by Crippen LogP contribution is -2.21. The Labute approximate surface area is 133 Å². The predicted molar refractivity (Wildman–Crippen MR) is 90.4 cm³/mol. The van der Waals surface area contributed by atoms with Crippen molar-refractivity contribution in [3.63, 3.8) is 0 Å². The third-order valence-electron chi connectivity index (χ3n) is 4.07. The summed E-state index contributed by atoms with van der Waals surface area (Å²) in [6.07, 6.45) is 6.91. The number of nitrogens with one attached hydrogen (secondary N) is 1. The van der Waals surface area contributed by atoms with E-state index in [1.165, 1.54) is 28.5 Å². The smallest absolute Gasteiger partial charge is 0.261 e. The van der Waals surface area contributed by atoms with Gasteiger partial charge in [0, 0.05) is 30.4 Å². The number of hydrogen-bond acceptors (Lipinski definition) is 2. The van der Waals surface area contributed by atoms with Crippen LogP contribution in [0.1, 0.15) is 39.7 Å². The third kappa shape index (κ3) is 2.66. The molecule has 22 heavy (non-hydrogen) atoms. The van der Waals surface area contributed by atoms with Gasteiger partial charge in [0.15, 0.2) is 0 Å². The van der Waals surface area contributed by atoms with E-state index in [0.29, 0.717) is 12.6 Å². The number of carbonyl (C=O) groups is 1. The summed E-state index contributed by atoms with van der Waals surface area (Å²) < 4.78 is 3.49. The van der Waals surface area contributed by atoms with Gasteiger partial charge in [0.2, 0.25) is 0 Å². The van der Waals surface area contributed by atoms with Crippen molar-refractivity contribution in [2.45, 2.75) is 32.4 Å². The Balaban J connectivity index is 1.46. The standard InChI is InChI=1S/C18H18N2OS/c1-12-3-2-4-13(7-12)9-19-18(21)16-8-14-10-20(15-5-6-15)11-17(14)22-16/h2-4,7-8,10-11,15H,5-6,9H2,1H3,(H,19,21). The first kappa shape index (κ1) is 13.6. The minimum atomic E-state index is 0.0145. The van der Waals surface area contributed by atoms with Crippen LogP contribution >= 0.6 is 11.3 Å². The van der Waals surface area contributed by atoms with E-state index >= 15 is 0 Å². The number of benzene rings is 1. The molecule has 1 N–H and O–H groups in total. The Morgan fingerprint density at radius 2 is 2.18 bits per heavy atom. The highest BCUT2D eigenvalue weighted by Gasteiger charge is 2.23. The summed E-state index contributed by atoms with van der Waals surface area (Å²) in [5, 5.41) is 4.19. The van der Waals surface area contributed by atoms with Crippen LogP contribution < -0.4 is 5.32 Å². The van der Waals surface area contributed by atoms with Gasteiger partial charge in [-0.25, -0.2) is 0 Å². The molecule has 1 aliphatic carbocycles. The highest BCUT2D eigenvalue weighted by molar-refractivity contribution is 7.20. The van der Waals surface area contributed by atoms with Crippen LogP contribution in [0.15, 0.2) is 42.7 Å². The maximum atomic E-state index is 12.3. The Hall–Kier alpha value is -2.07. The van der Waals surface area contributed by atoms with Crippen molar-refractivity contribution in [2.24, 2.45) is 0 Å². The zero-order valence-corrected chi connectivity index (χ0v) is 13.3. The van der Waals surface area contributed by atoms with E-state index in [1.807, 2.05) is 18.2 Å². The second-order valence-corrected chi connectivity index (χ2v) is 7.12. The fourth-order valence-corrected chi connectivity index (χ4v) is 3.73. The van der Waals surface area contributed by atoms with Crippen molar-refractivity contribution < 1.29 is 4.79 Å². The normalized spacial score (nSPS) is 14.4. The zero-order chi connectivity index (χ0) is 15.1. The van der Waals surface area contributed by atoms with Gasteiger partial charge >= 0.3 is 0 Å². The first-order valence-corrected chi connectivity index (χ1v) is 8.45. The second kappa shape index (κ2) is 5.29.